The lowest BCUT2D eigenvalue weighted by Gasteiger charge is -2.47. The van der Waals surface area contributed by atoms with Crippen molar-refractivity contribution in [2.45, 2.75) is 78.6 Å². The van der Waals surface area contributed by atoms with Crippen molar-refractivity contribution in [1.29, 1.82) is 0 Å². The van der Waals surface area contributed by atoms with E-state index in [1.54, 1.807) is 0 Å². The van der Waals surface area contributed by atoms with E-state index in [1.165, 1.54) is 87.0 Å². The highest BCUT2D eigenvalue weighted by Gasteiger charge is 2.48. The largest absolute Gasteiger partial charge is 0.310 e. The minimum Gasteiger partial charge on any atom is -0.310 e. The first kappa shape index (κ1) is 63.2. The molecule has 0 radical (unpaired) electrons. The van der Waals surface area contributed by atoms with Crippen molar-refractivity contribution < 1.29 is 0 Å². The van der Waals surface area contributed by atoms with Crippen molar-refractivity contribution in [2.24, 2.45) is 0 Å². The van der Waals surface area contributed by atoms with Gasteiger partial charge in [-0.1, -0.05) is 341 Å². The Kier molecular flexibility index (Phi) is 15.4. The molecule has 1 aromatic heterocycles. The normalized spacial score (nSPS) is 12.9. The zero-order valence-electron chi connectivity index (χ0n) is 59.2. The smallest absolute Gasteiger partial charge is 0.252 e. The van der Waals surface area contributed by atoms with Gasteiger partial charge in [-0.15, -0.1) is 0 Å². The van der Waals surface area contributed by atoms with Crippen LogP contribution in [0.2, 0.25) is 0 Å². The zero-order chi connectivity index (χ0) is 68.9. The van der Waals surface area contributed by atoms with E-state index in [2.05, 4.69) is 410 Å². The van der Waals surface area contributed by atoms with Gasteiger partial charge >= 0.3 is 0 Å². The number of nitrogens with zero attached hydrogens (tertiary/aromatic N) is 3. The van der Waals surface area contributed by atoms with Gasteiger partial charge in [0.15, 0.2) is 8.07 Å². The van der Waals surface area contributed by atoms with Crippen LogP contribution in [0.15, 0.2) is 334 Å². The van der Waals surface area contributed by atoms with Gasteiger partial charge in [0.1, 0.15) is 0 Å². The molecule has 0 atom stereocenters. The Morgan fingerprint density at radius 3 is 0.960 bits per heavy atom. The highest BCUT2D eigenvalue weighted by molar-refractivity contribution is 7.20. The molecule has 17 rings (SSSR count). The third-order valence-electron chi connectivity index (χ3n) is 21.6. The van der Waals surface area contributed by atoms with Crippen LogP contribution in [0.5, 0.6) is 0 Å². The van der Waals surface area contributed by atoms with Crippen LogP contribution in [0.25, 0.3) is 72.0 Å². The van der Waals surface area contributed by atoms with Crippen LogP contribution in [-0.2, 0) is 16.2 Å². The fourth-order valence-corrected chi connectivity index (χ4v) is 21.3. The van der Waals surface area contributed by atoms with Gasteiger partial charge in [0.2, 0.25) is 0 Å². The first-order chi connectivity index (χ1) is 49.0. The van der Waals surface area contributed by atoms with E-state index < -0.39 is 8.07 Å². The molecule has 0 aliphatic carbocycles. The number of anilines is 6. The van der Waals surface area contributed by atoms with Gasteiger partial charge in [0.25, 0.3) is 6.71 Å². The van der Waals surface area contributed by atoms with Gasteiger partial charge < -0.3 is 14.4 Å². The Bertz CT molecular complexity index is 5350. The number of fused-ring (bicyclic) bond motifs is 7. The summed E-state index contributed by atoms with van der Waals surface area (Å²) >= 11 is 0. The lowest BCUT2D eigenvalue weighted by Crippen LogP contribution is -2.75. The molecule has 0 bridgehead atoms. The van der Waals surface area contributed by atoms with E-state index in [-0.39, 0.29) is 23.0 Å². The molecular formula is C96H82BN3Si. The third-order valence-corrected chi connectivity index (χ3v) is 26.4. The van der Waals surface area contributed by atoms with Gasteiger partial charge in [0, 0.05) is 61.5 Å². The predicted molar refractivity (Wildman–Crippen MR) is 436 cm³/mol. The van der Waals surface area contributed by atoms with Crippen LogP contribution in [0.3, 0.4) is 0 Å². The first-order valence-corrected chi connectivity index (χ1v) is 37.8. The van der Waals surface area contributed by atoms with Crippen LogP contribution in [0.1, 0.15) is 79.0 Å². The maximum Gasteiger partial charge on any atom is 0.252 e. The van der Waals surface area contributed by atoms with Crippen LogP contribution in [0, 0.1) is 0 Å². The van der Waals surface area contributed by atoms with Gasteiger partial charge in [0.05, 0.1) is 22.4 Å². The monoisotopic (exact) mass is 1320 g/mol. The molecule has 2 aliphatic heterocycles. The van der Waals surface area contributed by atoms with E-state index in [0.717, 1.165) is 72.9 Å². The van der Waals surface area contributed by atoms with Crippen molar-refractivity contribution in [3.05, 3.63) is 350 Å². The number of para-hydroxylation sites is 2. The average molecular weight is 1320 g/mol. The molecule has 15 aromatic rings. The second kappa shape index (κ2) is 24.6. The van der Waals surface area contributed by atoms with Gasteiger partial charge in [-0.05, 0) is 147 Å². The molecular weight excluding hydrogens is 1230 g/mol. The Labute approximate surface area is 597 Å². The molecule has 0 spiro atoms. The summed E-state index contributed by atoms with van der Waals surface area (Å²) in [5.41, 5.74) is 26.8. The second-order valence-electron chi connectivity index (χ2n) is 30.8. The Balaban J connectivity index is 1.05. The summed E-state index contributed by atoms with van der Waals surface area (Å²) in [6.07, 6.45) is 0. The molecule has 488 valence electrons. The number of benzene rings is 14. The molecule has 0 saturated carbocycles. The topological polar surface area (TPSA) is 11.4 Å². The molecule has 5 heteroatoms. The molecule has 0 saturated heterocycles. The average Bonchev–Trinajstić information content (AvgIpc) is 1.42. The summed E-state index contributed by atoms with van der Waals surface area (Å²) in [6.45, 7) is 21.0. The molecule has 0 N–H and O–H groups in total. The van der Waals surface area contributed by atoms with Crippen molar-refractivity contribution >= 4 is 108 Å². The number of rotatable bonds is 11. The van der Waals surface area contributed by atoms with Crippen molar-refractivity contribution in [3.8, 4) is 50.2 Å². The molecule has 2 aliphatic rings. The molecule has 3 heterocycles. The number of aromatic nitrogens is 1. The Hall–Kier alpha value is -11.2. The molecule has 0 unspecified atom stereocenters. The molecule has 0 amide bonds. The second-order valence-corrected chi connectivity index (χ2v) is 34.6. The SMILES string of the molecule is CC(C)(C)c1cc2c3c(c1)N(c1c(-c4ccccc4)cccc1-c1ccccc1)c1cc([Si](c4ccccc4)(c4ccccc4)c4ccccc4)ccc1B3c1ccc(-n3c4ccc(C(C)(C)C)cc4c4cc(C(C)(C)C)ccc43)cc1N2c1c(-c2ccccc2)cccc1-c1ccccc1. The van der Waals surface area contributed by atoms with Crippen LogP contribution >= 0.6 is 0 Å². The third kappa shape index (κ3) is 10.6. The lowest BCUT2D eigenvalue weighted by molar-refractivity contribution is 0.590. The van der Waals surface area contributed by atoms with Crippen molar-refractivity contribution in [3.63, 3.8) is 0 Å². The van der Waals surface area contributed by atoms with Crippen molar-refractivity contribution in [2.75, 3.05) is 9.80 Å². The van der Waals surface area contributed by atoms with E-state index in [9.17, 15) is 0 Å². The maximum absolute atomic E-state index is 3.16. The van der Waals surface area contributed by atoms with Crippen LogP contribution < -0.4 is 46.9 Å². The number of hydrogen-bond donors (Lipinski definition) is 0. The van der Waals surface area contributed by atoms with Gasteiger partial charge in [-0.2, -0.15) is 0 Å². The molecule has 3 nitrogen and oxygen atoms in total. The maximum atomic E-state index is 2.74. The summed E-state index contributed by atoms with van der Waals surface area (Å²) in [4.78, 5) is 5.46. The number of hydrogen-bond acceptors (Lipinski definition) is 2. The van der Waals surface area contributed by atoms with E-state index in [0.29, 0.717) is 0 Å². The highest BCUT2D eigenvalue weighted by atomic mass is 28.3. The summed E-state index contributed by atoms with van der Waals surface area (Å²) < 4.78 is 2.56. The minimum absolute atomic E-state index is 0.0506. The summed E-state index contributed by atoms with van der Waals surface area (Å²) in [5.74, 6) is 0. The fourth-order valence-electron chi connectivity index (χ4n) is 16.5. The fraction of sp³-hybridized carbons (Fsp3) is 0.125. The lowest BCUT2D eigenvalue weighted by atomic mass is 9.33. The molecule has 101 heavy (non-hydrogen) atoms. The van der Waals surface area contributed by atoms with E-state index in [1.807, 2.05) is 0 Å². The summed E-state index contributed by atoms with van der Waals surface area (Å²) in [7, 11) is -3.16. The minimum atomic E-state index is -3.16. The Morgan fingerprint density at radius 2 is 0.604 bits per heavy atom. The standard InChI is InChI=1S/C96H82BN3Si/c1-94(2,3)69-51-57-85-81(59-69)82-60-70(95(4,5)6)52-58-86(82)98(85)72-53-55-83-87(63-72)99(92-77(65-33-17-10-18-34-65)47-31-48-78(92)66-35-19-11-20-36-66)89-61-71(96(7,8)9)62-90-91(89)97(83)84-56-54-76(101(73-41-25-14-26-42-73,74-43-27-15-28-44-74)75-45-29-16-30-46-75)64-88(84)100(90)93-79(67-37-21-12-22-38-67)49-32-50-80(93)68-39-23-13-24-40-68/h10-64H,1-9H3. The van der Waals surface area contributed by atoms with E-state index >= 15 is 0 Å². The first-order valence-electron chi connectivity index (χ1n) is 35.8. The summed E-state index contributed by atoms with van der Waals surface area (Å²) in [6, 6.07) is 128. The Morgan fingerprint density at radius 1 is 0.267 bits per heavy atom. The summed E-state index contributed by atoms with van der Waals surface area (Å²) in [5, 5.41) is 7.84. The zero-order valence-corrected chi connectivity index (χ0v) is 60.2. The van der Waals surface area contributed by atoms with Crippen LogP contribution in [0.4, 0.5) is 34.1 Å². The molecule has 14 aromatic carbocycles. The van der Waals surface area contributed by atoms with Crippen molar-refractivity contribution in [1.82, 2.24) is 4.57 Å². The van der Waals surface area contributed by atoms with Gasteiger partial charge in [-0.3, -0.25) is 0 Å². The predicted octanol–water partition coefficient (Wildman–Crippen LogP) is 20.8. The molecule has 0 fully saturated rings. The highest BCUT2D eigenvalue weighted by Crippen LogP contribution is 2.54. The quantitative estimate of drug-likeness (QED) is 0.0944. The van der Waals surface area contributed by atoms with Gasteiger partial charge in [-0.25, -0.2) is 0 Å². The van der Waals surface area contributed by atoms with Crippen LogP contribution in [-0.4, -0.2) is 19.4 Å². The van der Waals surface area contributed by atoms with E-state index in [4.69, 9.17) is 0 Å².